The highest BCUT2D eigenvalue weighted by molar-refractivity contribution is 6.52. The molecule has 1 N–H and O–H groups in total. The van der Waals surface area contributed by atoms with Gasteiger partial charge in [-0.1, -0.05) is 42.5 Å². The molecule has 4 rings (SSSR count). The number of methoxy groups -OCH3 is 1. The summed E-state index contributed by atoms with van der Waals surface area (Å²) in [6.07, 6.45) is 0. The molecule has 1 heterocycles. The lowest BCUT2D eigenvalue weighted by molar-refractivity contribution is -0.138. The standard InChI is InChI=1S/C27H25N3O5/c1-18(26(33)28-20-12-14-21(35-2)15-13-20)29(16-19-8-4-3-5-9-19)24(31)17-30-23-11-7-6-10-22(23)25(32)27(30)34/h3-15,18H,16-17H2,1-2H3,(H,28,33). The van der Waals surface area contributed by atoms with Crippen molar-refractivity contribution in [3.05, 3.63) is 90.0 Å². The summed E-state index contributed by atoms with van der Waals surface area (Å²) in [5.74, 6) is -1.59. The molecule has 8 nitrogen and oxygen atoms in total. The van der Waals surface area contributed by atoms with Gasteiger partial charge in [-0.05, 0) is 48.9 Å². The fourth-order valence-electron chi connectivity index (χ4n) is 3.92. The molecule has 0 aliphatic carbocycles. The second-order valence-corrected chi connectivity index (χ2v) is 8.14. The highest BCUT2D eigenvalue weighted by Crippen LogP contribution is 2.28. The summed E-state index contributed by atoms with van der Waals surface area (Å²) in [5, 5.41) is 2.82. The quantitative estimate of drug-likeness (QED) is 0.509. The van der Waals surface area contributed by atoms with Gasteiger partial charge in [-0.25, -0.2) is 0 Å². The first-order chi connectivity index (χ1) is 16.9. The lowest BCUT2D eigenvalue weighted by Crippen LogP contribution is -2.49. The molecule has 3 amide bonds. The van der Waals surface area contributed by atoms with E-state index in [1.54, 1.807) is 62.6 Å². The van der Waals surface area contributed by atoms with E-state index in [0.717, 1.165) is 5.56 Å². The van der Waals surface area contributed by atoms with Crippen LogP contribution in [0.3, 0.4) is 0 Å². The van der Waals surface area contributed by atoms with Crippen molar-refractivity contribution >= 4 is 34.9 Å². The van der Waals surface area contributed by atoms with Crippen molar-refractivity contribution in [3.63, 3.8) is 0 Å². The predicted molar refractivity (Wildman–Crippen MR) is 131 cm³/mol. The van der Waals surface area contributed by atoms with Gasteiger partial charge < -0.3 is 15.0 Å². The molecule has 3 aromatic carbocycles. The summed E-state index contributed by atoms with van der Waals surface area (Å²) in [4.78, 5) is 54.1. The zero-order valence-corrected chi connectivity index (χ0v) is 19.4. The summed E-state index contributed by atoms with van der Waals surface area (Å²) in [5.41, 5.74) is 2.05. The van der Waals surface area contributed by atoms with Gasteiger partial charge in [0.25, 0.3) is 11.7 Å². The molecule has 0 bridgehead atoms. The minimum absolute atomic E-state index is 0.161. The molecule has 0 saturated heterocycles. The third-order valence-electron chi connectivity index (χ3n) is 5.89. The Hall–Kier alpha value is -4.46. The summed E-state index contributed by atoms with van der Waals surface area (Å²) in [7, 11) is 1.56. The molecule has 3 aromatic rings. The fourth-order valence-corrected chi connectivity index (χ4v) is 3.92. The Bertz CT molecular complexity index is 1260. The number of anilines is 2. The van der Waals surface area contributed by atoms with Crippen molar-refractivity contribution in [2.45, 2.75) is 19.5 Å². The molecule has 0 fully saturated rings. The Balaban J connectivity index is 1.56. The molecule has 0 spiro atoms. The maximum absolute atomic E-state index is 13.5. The maximum Gasteiger partial charge on any atom is 0.299 e. The van der Waals surface area contributed by atoms with Crippen molar-refractivity contribution in [2.24, 2.45) is 0 Å². The third kappa shape index (κ3) is 5.06. The molecule has 1 aliphatic rings. The zero-order valence-electron chi connectivity index (χ0n) is 19.4. The monoisotopic (exact) mass is 471 g/mol. The number of ether oxygens (including phenoxy) is 1. The molecule has 35 heavy (non-hydrogen) atoms. The van der Waals surface area contributed by atoms with Crippen molar-refractivity contribution in [1.29, 1.82) is 0 Å². The number of fused-ring (bicyclic) bond motifs is 1. The Kier molecular flexibility index (Phi) is 6.91. The van der Waals surface area contributed by atoms with E-state index in [9.17, 15) is 19.2 Å². The van der Waals surface area contributed by atoms with Crippen LogP contribution in [-0.2, 0) is 20.9 Å². The van der Waals surface area contributed by atoms with Crippen LogP contribution in [0, 0.1) is 0 Å². The first-order valence-electron chi connectivity index (χ1n) is 11.1. The first kappa shape index (κ1) is 23.7. The van der Waals surface area contributed by atoms with Crippen LogP contribution in [0.15, 0.2) is 78.9 Å². The number of carbonyl (C=O) groups is 4. The summed E-state index contributed by atoms with van der Waals surface area (Å²) < 4.78 is 5.14. The number of nitrogens with zero attached hydrogens (tertiary/aromatic N) is 2. The minimum atomic E-state index is -0.853. The lowest BCUT2D eigenvalue weighted by atomic mass is 10.1. The Labute approximate surface area is 203 Å². The Morgan fingerprint density at radius 3 is 2.29 bits per heavy atom. The van der Waals surface area contributed by atoms with E-state index in [2.05, 4.69) is 5.32 Å². The fraction of sp³-hybridized carbons (Fsp3) is 0.185. The van der Waals surface area contributed by atoms with E-state index >= 15 is 0 Å². The number of carbonyl (C=O) groups excluding carboxylic acids is 4. The summed E-state index contributed by atoms with van der Waals surface area (Å²) in [6.45, 7) is 1.44. The number of rotatable bonds is 8. The predicted octanol–water partition coefficient (Wildman–Crippen LogP) is 3.28. The largest absolute Gasteiger partial charge is 0.497 e. The molecular weight excluding hydrogens is 446 g/mol. The Morgan fingerprint density at radius 1 is 0.943 bits per heavy atom. The van der Waals surface area contributed by atoms with Crippen LogP contribution in [0.25, 0.3) is 0 Å². The maximum atomic E-state index is 13.5. The lowest BCUT2D eigenvalue weighted by Gasteiger charge is -2.30. The Morgan fingerprint density at radius 2 is 1.60 bits per heavy atom. The van der Waals surface area contributed by atoms with Crippen LogP contribution in [0.5, 0.6) is 5.75 Å². The molecule has 1 unspecified atom stereocenters. The molecule has 0 radical (unpaired) electrons. The highest BCUT2D eigenvalue weighted by atomic mass is 16.5. The SMILES string of the molecule is COc1ccc(NC(=O)C(C)N(Cc2ccccc2)C(=O)CN2C(=O)C(=O)c3ccccc32)cc1. The molecule has 1 aliphatic heterocycles. The highest BCUT2D eigenvalue weighted by Gasteiger charge is 2.38. The number of hydrogen-bond donors (Lipinski definition) is 1. The molecular formula is C27H25N3O5. The van der Waals surface area contributed by atoms with Crippen molar-refractivity contribution in [2.75, 3.05) is 23.9 Å². The van der Waals surface area contributed by atoms with E-state index in [-0.39, 0.29) is 24.6 Å². The van der Waals surface area contributed by atoms with Crippen molar-refractivity contribution in [1.82, 2.24) is 4.90 Å². The van der Waals surface area contributed by atoms with Gasteiger partial charge in [-0.2, -0.15) is 0 Å². The van der Waals surface area contributed by atoms with E-state index < -0.39 is 23.6 Å². The smallest absolute Gasteiger partial charge is 0.299 e. The minimum Gasteiger partial charge on any atom is -0.497 e. The molecule has 8 heteroatoms. The molecule has 0 saturated carbocycles. The van der Waals surface area contributed by atoms with Gasteiger partial charge in [0.15, 0.2) is 0 Å². The normalized spacial score (nSPS) is 13.3. The molecule has 0 aromatic heterocycles. The van der Waals surface area contributed by atoms with Gasteiger partial charge in [0, 0.05) is 12.2 Å². The average Bonchev–Trinajstić information content (AvgIpc) is 3.12. The van der Waals surface area contributed by atoms with Crippen LogP contribution in [0.2, 0.25) is 0 Å². The zero-order chi connectivity index (χ0) is 24.9. The van der Waals surface area contributed by atoms with E-state index in [1.165, 1.54) is 9.80 Å². The van der Waals surface area contributed by atoms with Gasteiger partial charge in [0.1, 0.15) is 18.3 Å². The van der Waals surface area contributed by atoms with Crippen LogP contribution in [-0.4, -0.2) is 48.1 Å². The van der Waals surface area contributed by atoms with Gasteiger partial charge in [0.05, 0.1) is 18.4 Å². The van der Waals surface area contributed by atoms with E-state index in [4.69, 9.17) is 4.74 Å². The van der Waals surface area contributed by atoms with E-state index in [1.807, 2.05) is 30.3 Å². The van der Waals surface area contributed by atoms with Crippen molar-refractivity contribution in [3.8, 4) is 5.75 Å². The van der Waals surface area contributed by atoms with Gasteiger partial charge in [-0.15, -0.1) is 0 Å². The second-order valence-electron chi connectivity index (χ2n) is 8.14. The van der Waals surface area contributed by atoms with Crippen molar-refractivity contribution < 1.29 is 23.9 Å². The molecule has 1 atom stereocenters. The third-order valence-corrected chi connectivity index (χ3v) is 5.89. The van der Waals surface area contributed by atoms with Crippen LogP contribution in [0.1, 0.15) is 22.8 Å². The van der Waals surface area contributed by atoms with Gasteiger partial charge in [-0.3, -0.25) is 24.1 Å². The number of Topliss-reactive ketones (excluding diaryl/α,β-unsaturated/α-hetero) is 1. The number of para-hydroxylation sites is 1. The number of nitrogens with one attached hydrogen (secondary N) is 1. The number of hydrogen-bond acceptors (Lipinski definition) is 5. The van der Waals surface area contributed by atoms with Crippen LogP contribution < -0.4 is 15.0 Å². The average molecular weight is 472 g/mol. The summed E-state index contributed by atoms with van der Waals surface area (Å²) in [6, 6.07) is 21.8. The first-order valence-corrected chi connectivity index (χ1v) is 11.1. The molecule has 178 valence electrons. The number of amides is 3. The van der Waals surface area contributed by atoms with E-state index in [0.29, 0.717) is 17.1 Å². The van der Waals surface area contributed by atoms with Gasteiger partial charge in [0.2, 0.25) is 11.8 Å². The summed E-state index contributed by atoms with van der Waals surface area (Å²) >= 11 is 0. The van der Waals surface area contributed by atoms with Crippen LogP contribution >= 0.6 is 0 Å². The topological polar surface area (TPSA) is 96.0 Å². The second kappa shape index (κ2) is 10.2. The van der Waals surface area contributed by atoms with Crippen LogP contribution in [0.4, 0.5) is 11.4 Å². The van der Waals surface area contributed by atoms with Gasteiger partial charge >= 0.3 is 0 Å². The number of ketones is 1. The number of benzene rings is 3.